The summed E-state index contributed by atoms with van der Waals surface area (Å²) < 4.78 is 6.66. The molecule has 20 heavy (non-hydrogen) atoms. The molecule has 0 aromatic heterocycles. The molecule has 8 rings (SSSR count). The molecule has 0 amide bonds. The maximum Gasteiger partial charge on any atom is 0.0763 e. The van der Waals surface area contributed by atoms with Crippen LogP contribution in [0.5, 0.6) is 0 Å². The van der Waals surface area contributed by atoms with Crippen molar-refractivity contribution in [2.24, 2.45) is 28.6 Å². The summed E-state index contributed by atoms with van der Waals surface area (Å²) in [6.07, 6.45) is 14.8. The van der Waals surface area contributed by atoms with E-state index in [0.717, 1.165) is 17.8 Å². The van der Waals surface area contributed by atoms with Crippen LogP contribution in [0.2, 0.25) is 0 Å². The Hall–Kier alpha value is -0.300. The predicted molar refractivity (Wildman–Crippen MR) is 80.4 cm³/mol. The molecule has 0 aromatic carbocycles. The van der Waals surface area contributed by atoms with Gasteiger partial charge in [-0.25, -0.2) is 0 Å². The summed E-state index contributed by atoms with van der Waals surface area (Å²) in [7, 11) is 0. The van der Waals surface area contributed by atoms with Gasteiger partial charge in [0, 0.05) is 0 Å². The molecule has 0 radical (unpaired) electrons. The Labute approximate surface area is 123 Å². The Morgan fingerprint density at radius 1 is 1.00 bits per heavy atom. The van der Waals surface area contributed by atoms with Crippen LogP contribution in [0.15, 0.2) is 11.6 Å². The maximum absolute atomic E-state index is 6.66. The highest BCUT2D eigenvalue weighted by molar-refractivity contribution is 5.26. The number of ether oxygens (including phenoxy) is 1. The SMILES string of the molecule is C[C@]12CCC3C=C1CC[C@@H]1C2CC[C@]2(C)C(CC[C@H]12)O3. The lowest BCUT2D eigenvalue weighted by Gasteiger charge is -2.60. The minimum Gasteiger partial charge on any atom is -0.370 e. The molecule has 0 N–H and O–H groups in total. The first-order chi connectivity index (χ1) is 9.61. The highest BCUT2D eigenvalue weighted by atomic mass is 16.5. The van der Waals surface area contributed by atoms with Crippen LogP contribution in [0.3, 0.4) is 0 Å². The minimum absolute atomic E-state index is 0.439. The quantitative estimate of drug-likeness (QED) is 0.580. The van der Waals surface area contributed by atoms with Crippen LogP contribution in [0.4, 0.5) is 0 Å². The van der Waals surface area contributed by atoms with E-state index in [1.165, 1.54) is 51.4 Å². The van der Waals surface area contributed by atoms with E-state index >= 15 is 0 Å². The zero-order chi connectivity index (χ0) is 13.5. The van der Waals surface area contributed by atoms with Crippen molar-refractivity contribution < 1.29 is 4.74 Å². The Kier molecular flexibility index (Phi) is 2.28. The maximum atomic E-state index is 6.66. The third kappa shape index (κ3) is 1.30. The van der Waals surface area contributed by atoms with E-state index in [9.17, 15) is 0 Å². The molecule has 7 atom stereocenters. The molecule has 4 heterocycles. The van der Waals surface area contributed by atoms with E-state index in [4.69, 9.17) is 4.74 Å². The van der Waals surface area contributed by atoms with Crippen molar-refractivity contribution in [2.75, 3.05) is 0 Å². The Morgan fingerprint density at radius 2 is 1.90 bits per heavy atom. The molecule has 4 aliphatic carbocycles. The van der Waals surface area contributed by atoms with Crippen LogP contribution in [0, 0.1) is 28.6 Å². The first-order valence-electron chi connectivity index (χ1n) is 8.98. The second-order valence-electron chi connectivity index (χ2n) is 8.85. The third-order valence-corrected chi connectivity index (χ3v) is 8.32. The molecule has 2 saturated heterocycles. The van der Waals surface area contributed by atoms with E-state index in [2.05, 4.69) is 19.9 Å². The molecule has 8 aliphatic rings. The molecular weight excluding hydrogens is 244 g/mol. The van der Waals surface area contributed by atoms with Gasteiger partial charge in [0.1, 0.15) is 0 Å². The van der Waals surface area contributed by atoms with Gasteiger partial charge in [0.15, 0.2) is 0 Å². The van der Waals surface area contributed by atoms with Gasteiger partial charge < -0.3 is 4.74 Å². The van der Waals surface area contributed by atoms with Gasteiger partial charge in [0.25, 0.3) is 0 Å². The van der Waals surface area contributed by atoms with E-state index in [0.29, 0.717) is 23.0 Å². The van der Waals surface area contributed by atoms with Gasteiger partial charge in [0.05, 0.1) is 12.2 Å². The fourth-order valence-electron chi connectivity index (χ4n) is 7.19. The van der Waals surface area contributed by atoms with E-state index < -0.39 is 0 Å². The third-order valence-electron chi connectivity index (χ3n) is 8.32. The molecule has 1 heteroatoms. The monoisotopic (exact) mass is 272 g/mol. The molecule has 8 bridgehead atoms. The summed E-state index contributed by atoms with van der Waals surface area (Å²) in [5, 5.41) is 0. The van der Waals surface area contributed by atoms with Crippen molar-refractivity contribution >= 4 is 0 Å². The van der Waals surface area contributed by atoms with Gasteiger partial charge in [-0.1, -0.05) is 25.5 Å². The predicted octanol–water partition coefficient (Wildman–Crippen LogP) is 4.72. The van der Waals surface area contributed by atoms with Crippen LogP contribution in [-0.2, 0) is 4.74 Å². The smallest absolute Gasteiger partial charge is 0.0763 e. The van der Waals surface area contributed by atoms with Crippen molar-refractivity contribution in [1.82, 2.24) is 0 Å². The van der Waals surface area contributed by atoms with Gasteiger partial charge in [-0.15, -0.1) is 0 Å². The van der Waals surface area contributed by atoms with E-state index in [-0.39, 0.29) is 0 Å². The van der Waals surface area contributed by atoms with Crippen molar-refractivity contribution in [2.45, 2.75) is 77.4 Å². The Balaban J connectivity index is 1.71. The molecule has 0 aromatic rings. The number of hydrogen-bond donors (Lipinski definition) is 0. The number of fused-ring (bicyclic) bond motifs is 1. The van der Waals surface area contributed by atoms with Crippen molar-refractivity contribution in [3.63, 3.8) is 0 Å². The summed E-state index contributed by atoms with van der Waals surface area (Å²) >= 11 is 0. The fourth-order valence-corrected chi connectivity index (χ4v) is 7.19. The van der Waals surface area contributed by atoms with E-state index in [1.54, 1.807) is 5.57 Å². The number of rotatable bonds is 0. The van der Waals surface area contributed by atoms with Gasteiger partial charge in [0.2, 0.25) is 0 Å². The van der Waals surface area contributed by atoms with Gasteiger partial charge in [-0.3, -0.25) is 0 Å². The molecule has 0 spiro atoms. The first kappa shape index (κ1) is 12.3. The molecule has 4 aliphatic heterocycles. The summed E-state index contributed by atoms with van der Waals surface area (Å²) in [6.45, 7) is 5.17. The van der Waals surface area contributed by atoms with Gasteiger partial charge in [-0.2, -0.15) is 0 Å². The van der Waals surface area contributed by atoms with Crippen LogP contribution < -0.4 is 0 Å². The normalized spacial score (nSPS) is 59.9. The van der Waals surface area contributed by atoms with Gasteiger partial charge in [-0.05, 0) is 80.0 Å². The van der Waals surface area contributed by atoms with Crippen molar-refractivity contribution in [3.05, 3.63) is 11.6 Å². The molecular formula is C19H28O. The standard InChI is InChI=1S/C19H28O/c1-18-9-7-13-11-12(18)3-4-14-15-5-6-17(20-13)19(15,2)10-8-16(14)18/h11,13-17H,3-10H2,1-2H3/t13?,14-,15+,16?,17?,18-,19-/m0/s1. The summed E-state index contributed by atoms with van der Waals surface area (Å²) in [6, 6.07) is 0. The average molecular weight is 272 g/mol. The lowest BCUT2D eigenvalue weighted by molar-refractivity contribution is -0.132. The van der Waals surface area contributed by atoms with Crippen LogP contribution in [-0.4, -0.2) is 12.2 Å². The highest BCUT2D eigenvalue weighted by Crippen LogP contribution is 2.67. The largest absolute Gasteiger partial charge is 0.370 e. The minimum atomic E-state index is 0.439. The van der Waals surface area contributed by atoms with Crippen molar-refractivity contribution in [3.8, 4) is 0 Å². The molecule has 110 valence electrons. The first-order valence-corrected chi connectivity index (χ1v) is 8.98. The highest BCUT2D eigenvalue weighted by Gasteiger charge is 2.60. The summed E-state index contributed by atoms with van der Waals surface area (Å²) in [5.41, 5.74) is 2.81. The van der Waals surface area contributed by atoms with Crippen LogP contribution in [0.25, 0.3) is 0 Å². The summed E-state index contributed by atoms with van der Waals surface area (Å²) in [5.74, 6) is 2.95. The second kappa shape index (κ2) is 3.72. The lowest BCUT2D eigenvalue weighted by atomic mass is 9.47. The topological polar surface area (TPSA) is 9.23 Å². The Morgan fingerprint density at radius 3 is 2.80 bits per heavy atom. The number of hydrogen-bond acceptors (Lipinski definition) is 1. The second-order valence-corrected chi connectivity index (χ2v) is 8.85. The molecule has 5 fully saturated rings. The number of allylic oxidation sites excluding steroid dienone is 1. The zero-order valence-corrected chi connectivity index (χ0v) is 13.0. The van der Waals surface area contributed by atoms with Crippen LogP contribution in [0.1, 0.15) is 65.2 Å². The van der Waals surface area contributed by atoms with Crippen LogP contribution >= 0.6 is 0 Å². The molecule has 3 saturated carbocycles. The van der Waals surface area contributed by atoms with E-state index in [1.807, 2.05) is 0 Å². The zero-order valence-electron chi connectivity index (χ0n) is 13.0. The molecule has 3 unspecified atom stereocenters. The van der Waals surface area contributed by atoms with Crippen molar-refractivity contribution in [1.29, 1.82) is 0 Å². The molecule has 1 nitrogen and oxygen atoms in total. The summed E-state index contributed by atoms with van der Waals surface area (Å²) in [4.78, 5) is 0. The Bertz CT molecular complexity index is 480. The van der Waals surface area contributed by atoms with Gasteiger partial charge >= 0.3 is 0 Å². The fraction of sp³-hybridized carbons (Fsp3) is 0.895. The lowest BCUT2D eigenvalue weighted by Crippen LogP contribution is -2.53. The average Bonchev–Trinajstić information content (AvgIpc) is 2.74.